The van der Waals surface area contributed by atoms with Crippen LogP contribution in [0.2, 0.25) is 0 Å². The summed E-state index contributed by atoms with van der Waals surface area (Å²) in [6.45, 7) is 1.88. The summed E-state index contributed by atoms with van der Waals surface area (Å²) in [6.07, 6.45) is 3.96. The van der Waals surface area contributed by atoms with E-state index >= 15 is 0 Å². The molecular formula is C11H13N5O2. The molecule has 0 amide bonds. The van der Waals surface area contributed by atoms with E-state index in [1.807, 2.05) is 12.1 Å². The molecule has 2 rings (SSSR count). The Morgan fingerprint density at radius 1 is 1.56 bits per heavy atom. The highest BCUT2D eigenvalue weighted by atomic mass is 16.4. The van der Waals surface area contributed by atoms with Crippen molar-refractivity contribution < 1.29 is 9.90 Å². The van der Waals surface area contributed by atoms with Crippen LogP contribution in [0.25, 0.3) is 0 Å². The number of hydrogen-bond donors (Lipinski definition) is 1. The summed E-state index contributed by atoms with van der Waals surface area (Å²) in [5.74, 6) is -0.755. The number of tetrazole rings is 1. The molecule has 94 valence electrons. The van der Waals surface area contributed by atoms with Crippen LogP contribution in [0.4, 0.5) is 0 Å². The van der Waals surface area contributed by atoms with Crippen LogP contribution in [0.15, 0.2) is 24.5 Å². The third-order valence-corrected chi connectivity index (χ3v) is 2.56. The van der Waals surface area contributed by atoms with Crippen LogP contribution >= 0.6 is 0 Å². The van der Waals surface area contributed by atoms with E-state index in [-0.39, 0.29) is 6.54 Å². The average molecular weight is 247 g/mol. The molecule has 0 radical (unpaired) electrons. The van der Waals surface area contributed by atoms with Crippen molar-refractivity contribution in [3.8, 4) is 0 Å². The third-order valence-electron chi connectivity index (χ3n) is 2.56. The molecule has 0 saturated heterocycles. The van der Waals surface area contributed by atoms with E-state index < -0.39 is 11.9 Å². The summed E-state index contributed by atoms with van der Waals surface area (Å²) in [7, 11) is 0. The summed E-state index contributed by atoms with van der Waals surface area (Å²) in [6, 6.07) is 3.76. The van der Waals surface area contributed by atoms with E-state index in [4.69, 9.17) is 5.11 Å². The normalized spacial score (nSPS) is 12.3. The first-order valence-corrected chi connectivity index (χ1v) is 5.53. The molecule has 0 aliphatic rings. The van der Waals surface area contributed by atoms with Crippen LogP contribution in [-0.2, 0) is 17.8 Å². The maximum Gasteiger partial charge on any atom is 0.308 e. The number of carboxylic acids is 1. The Morgan fingerprint density at radius 2 is 2.39 bits per heavy atom. The first-order valence-electron chi connectivity index (χ1n) is 5.53. The molecule has 0 aromatic carbocycles. The van der Waals surface area contributed by atoms with Crippen molar-refractivity contribution in [2.45, 2.75) is 19.9 Å². The van der Waals surface area contributed by atoms with Crippen LogP contribution < -0.4 is 0 Å². The van der Waals surface area contributed by atoms with Gasteiger partial charge in [-0.2, -0.15) is 0 Å². The Bertz CT molecular complexity index is 525. The van der Waals surface area contributed by atoms with Crippen molar-refractivity contribution in [1.82, 2.24) is 25.2 Å². The van der Waals surface area contributed by atoms with Crippen molar-refractivity contribution in [3.63, 3.8) is 0 Å². The van der Waals surface area contributed by atoms with E-state index in [0.29, 0.717) is 12.2 Å². The number of hydrogen-bond acceptors (Lipinski definition) is 5. The second-order valence-corrected chi connectivity index (χ2v) is 4.05. The first kappa shape index (κ1) is 12.2. The minimum absolute atomic E-state index is 0.262. The highest BCUT2D eigenvalue weighted by molar-refractivity contribution is 5.69. The summed E-state index contributed by atoms with van der Waals surface area (Å²) >= 11 is 0. The van der Waals surface area contributed by atoms with Gasteiger partial charge in [-0.25, -0.2) is 4.68 Å². The lowest BCUT2D eigenvalue weighted by Gasteiger charge is -2.07. The van der Waals surface area contributed by atoms with Gasteiger partial charge >= 0.3 is 5.97 Å². The molecule has 2 aromatic rings. The van der Waals surface area contributed by atoms with Crippen LogP contribution in [-0.4, -0.2) is 36.3 Å². The van der Waals surface area contributed by atoms with Gasteiger partial charge in [0, 0.05) is 18.8 Å². The van der Waals surface area contributed by atoms with E-state index in [9.17, 15) is 4.79 Å². The predicted molar refractivity (Wildman–Crippen MR) is 61.7 cm³/mol. The van der Waals surface area contributed by atoms with E-state index in [0.717, 1.165) is 5.56 Å². The standard InChI is InChI=1S/C11H13N5O2/c1-8(11(17)18)7-16-10(13-14-15-16)5-9-3-2-4-12-6-9/h2-4,6,8H,5,7H2,1H3,(H,17,18). The molecule has 2 aromatic heterocycles. The molecule has 0 bridgehead atoms. The lowest BCUT2D eigenvalue weighted by molar-refractivity contribution is -0.141. The molecule has 1 N–H and O–H groups in total. The van der Waals surface area contributed by atoms with Gasteiger partial charge in [0.1, 0.15) is 0 Å². The van der Waals surface area contributed by atoms with Gasteiger partial charge in [0.25, 0.3) is 0 Å². The van der Waals surface area contributed by atoms with Crippen molar-refractivity contribution in [2.75, 3.05) is 0 Å². The van der Waals surface area contributed by atoms with Gasteiger partial charge in [-0.3, -0.25) is 9.78 Å². The molecule has 18 heavy (non-hydrogen) atoms. The largest absolute Gasteiger partial charge is 0.481 e. The fourth-order valence-corrected chi connectivity index (χ4v) is 1.51. The lowest BCUT2D eigenvalue weighted by Crippen LogP contribution is -2.19. The van der Waals surface area contributed by atoms with E-state index in [1.165, 1.54) is 4.68 Å². The smallest absolute Gasteiger partial charge is 0.308 e. The molecule has 7 heteroatoms. The molecule has 1 atom stereocenters. The number of carbonyl (C=O) groups is 1. The maximum absolute atomic E-state index is 10.8. The summed E-state index contributed by atoms with van der Waals surface area (Å²) in [5, 5.41) is 20.2. The summed E-state index contributed by atoms with van der Waals surface area (Å²) in [5.41, 5.74) is 0.983. The number of aliphatic carboxylic acids is 1. The van der Waals surface area contributed by atoms with E-state index in [2.05, 4.69) is 20.5 Å². The Hall–Kier alpha value is -2.31. The second kappa shape index (κ2) is 5.35. The van der Waals surface area contributed by atoms with Crippen molar-refractivity contribution in [2.24, 2.45) is 5.92 Å². The first-order chi connectivity index (χ1) is 8.66. The monoisotopic (exact) mass is 247 g/mol. The zero-order valence-electron chi connectivity index (χ0n) is 9.89. The molecule has 0 fully saturated rings. The van der Waals surface area contributed by atoms with Gasteiger partial charge < -0.3 is 5.11 Å². The van der Waals surface area contributed by atoms with Crippen molar-refractivity contribution in [1.29, 1.82) is 0 Å². The third kappa shape index (κ3) is 2.88. The molecule has 2 heterocycles. The fourth-order valence-electron chi connectivity index (χ4n) is 1.51. The van der Waals surface area contributed by atoms with Crippen LogP contribution in [0, 0.1) is 5.92 Å². The molecular weight excluding hydrogens is 234 g/mol. The predicted octanol–water partition coefficient (Wildman–Crippen LogP) is 0.380. The average Bonchev–Trinajstić information content (AvgIpc) is 2.78. The van der Waals surface area contributed by atoms with E-state index in [1.54, 1.807) is 19.3 Å². The number of aromatic nitrogens is 5. The minimum Gasteiger partial charge on any atom is -0.481 e. The minimum atomic E-state index is -0.863. The highest BCUT2D eigenvalue weighted by Crippen LogP contribution is 2.07. The van der Waals surface area contributed by atoms with Crippen LogP contribution in [0.3, 0.4) is 0 Å². The Kier molecular flexibility index (Phi) is 3.61. The van der Waals surface area contributed by atoms with Gasteiger partial charge in [-0.1, -0.05) is 13.0 Å². The molecule has 1 unspecified atom stereocenters. The van der Waals surface area contributed by atoms with Crippen LogP contribution in [0.1, 0.15) is 18.3 Å². The number of nitrogens with zero attached hydrogens (tertiary/aromatic N) is 5. The fraction of sp³-hybridized carbons (Fsp3) is 0.364. The number of carboxylic acid groups (broad SMARTS) is 1. The molecule has 0 saturated carbocycles. The second-order valence-electron chi connectivity index (χ2n) is 4.05. The lowest BCUT2D eigenvalue weighted by atomic mass is 10.1. The molecule has 7 nitrogen and oxygen atoms in total. The Morgan fingerprint density at radius 3 is 3.06 bits per heavy atom. The molecule has 0 aliphatic heterocycles. The maximum atomic E-state index is 10.8. The Balaban J connectivity index is 2.11. The van der Waals surface area contributed by atoms with Gasteiger partial charge in [0.15, 0.2) is 5.82 Å². The van der Waals surface area contributed by atoms with Crippen molar-refractivity contribution in [3.05, 3.63) is 35.9 Å². The topological polar surface area (TPSA) is 93.8 Å². The van der Waals surface area contributed by atoms with Gasteiger partial charge in [0.05, 0.1) is 12.5 Å². The molecule has 0 aliphatic carbocycles. The Labute approximate surface area is 103 Å². The van der Waals surface area contributed by atoms with Crippen LogP contribution in [0.5, 0.6) is 0 Å². The van der Waals surface area contributed by atoms with Crippen molar-refractivity contribution >= 4 is 5.97 Å². The zero-order chi connectivity index (χ0) is 13.0. The van der Waals surface area contributed by atoms with Gasteiger partial charge in [-0.05, 0) is 22.1 Å². The molecule has 0 spiro atoms. The number of pyridine rings is 1. The highest BCUT2D eigenvalue weighted by Gasteiger charge is 2.15. The SMILES string of the molecule is CC(Cn1nnnc1Cc1cccnc1)C(=O)O. The zero-order valence-corrected chi connectivity index (χ0v) is 9.89. The number of rotatable bonds is 5. The summed E-state index contributed by atoms with van der Waals surface area (Å²) < 4.78 is 1.52. The quantitative estimate of drug-likeness (QED) is 0.820. The summed E-state index contributed by atoms with van der Waals surface area (Å²) in [4.78, 5) is 14.8. The van der Waals surface area contributed by atoms with Gasteiger partial charge in [0.2, 0.25) is 0 Å². The van der Waals surface area contributed by atoms with Gasteiger partial charge in [-0.15, -0.1) is 5.10 Å².